The summed E-state index contributed by atoms with van der Waals surface area (Å²) in [7, 11) is 0. The highest BCUT2D eigenvalue weighted by Crippen LogP contribution is 2.22. The quantitative estimate of drug-likeness (QED) is 0.837. The van der Waals surface area contributed by atoms with Crippen molar-refractivity contribution in [3.05, 3.63) is 11.8 Å². The first-order valence-electron chi connectivity index (χ1n) is 5.72. The van der Waals surface area contributed by atoms with Crippen molar-refractivity contribution < 1.29 is 9.53 Å². The van der Waals surface area contributed by atoms with E-state index in [2.05, 4.69) is 10.4 Å². The molecule has 1 atom stereocenters. The van der Waals surface area contributed by atoms with Gasteiger partial charge in [-0.2, -0.15) is 5.10 Å². The van der Waals surface area contributed by atoms with Crippen LogP contribution in [0.25, 0.3) is 0 Å². The first-order valence-corrected chi connectivity index (χ1v) is 5.72. The molecule has 1 amide bonds. The van der Waals surface area contributed by atoms with Crippen LogP contribution in [0.5, 0.6) is 5.88 Å². The minimum absolute atomic E-state index is 0.0995. The number of amides is 1. The third-order valence-corrected chi connectivity index (χ3v) is 2.78. The Balaban J connectivity index is 2.14. The Bertz CT molecular complexity index is 387. The molecule has 16 heavy (non-hydrogen) atoms. The van der Waals surface area contributed by atoms with Crippen LogP contribution in [0.3, 0.4) is 0 Å². The smallest absolute Gasteiger partial charge is 0.258 e. The molecule has 0 aromatic carbocycles. The maximum Gasteiger partial charge on any atom is 0.258 e. The fourth-order valence-corrected chi connectivity index (χ4v) is 1.63. The number of nitrogens with one attached hydrogen (secondary N) is 1. The minimum Gasteiger partial charge on any atom is -0.477 e. The van der Waals surface area contributed by atoms with Gasteiger partial charge in [0.2, 0.25) is 5.88 Å². The summed E-state index contributed by atoms with van der Waals surface area (Å²) < 4.78 is 7.22. The molecule has 1 N–H and O–H groups in total. The molecule has 1 aliphatic heterocycles. The molecular weight excluding hydrogens is 206 g/mol. The maximum atomic E-state index is 11.9. The molecule has 0 bridgehead atoms. The number of hydrogen-bond acceptors (Lipinski definition) is 3. The Hall–Kier alpha value is -1.52. The average molecular weight is 223 g/mol. The van der Waals surface area contributed by atoms with Gasteiger partial charge in [-0.15, -0.1) is 0 Å². The zero-order chi connectivity index (χ0) is 11.5. The zero-order valence-electron chi connectivity index (χ0n) is 9.69. The molecule has 0 aliphatic carbocycles. The topological polar surface area (TPSA) is 56.2 Å². The summed E-state index contributed by atoms with van der Waals surface area (Å²) in [5, 5.41) is 7.05. The van der Waals surface area contributed by atoms with Gasteiger partial charge in [0.25, 0.3) is 5.91 Å². The molecule has 1 unspecified atom stereocenters. The maximum absolute atomic E-state index is 11.9. The van der Waals surface area contributed by atoms with E-state index in [1.807, 2.05) is 13.8 Å². The largest absolute Gasteiger partial charge is 0.477 e. The summed E-state index contributed by atoms with van der Waals surface area (Å²) in [6.07, 6.45) is 3.44. The van der Waals surface area contributed by atoms with Crippen LogP contribution in [0, 0.1) is 0 Å². The van der Waals surface area contributed by atoms with Crippen molar-refractivity contribution in [2.45, 2.75) is 39.3 Å². The van der Waals surface area contributed by atoms with E-state index in [4.69, 9.17) is 4.74 Å². The molecule has 1 aromatic rings. The monoisotopic (exact) mass is 223 g/mol. The van der Waals surface area contributed by atoms with Crippen LogP contribution in [-0.4, -0.2) is 28.3 Å². The van der Waals surface area contributed by atoms with Gasteiger partial charge in [0, 0.05) is 19.0 Å². The van der Waals surface area contributed by atoms with Crippen LogP contribution in [0.15, 0.2) is 6.20 Å². The summed E-state index contributed by atoms with van der Waals surface area (Å²) in [6, 6.07) is 0.173. The van der Waals surface area contributed by atoms with Crippen LogP contribution >= 0.6 is 0 Å². The van der Waals surface area contributed by atoms with Gasteiger partial charge < -0.3 is 10.1 Å². The van der Waals surface area contributed by atoms with Gasteiger partial charge in [-0.25, -0.2) is 4.68 Å². The Labute approximate surface area is 94.8 Å². The number of hydrogen-bond donors (Lipinski definition) is 1. The number of aryl methyl sites for hydroxylation is 1. The third-order valence-electron chi connectivity index (χ3n) is 2.78. The third kappa shape index (κ3) is 2.03. The fraction of sp³-hybridized carbons (Fsp3) is 0.636. The van der Waals surface area contributed by atoms with Crippen LogP contribution in [0.1, 0.15) is 37.0 Å². The van der Waals surface area contributed by atoms with Crippen molar-refractivity contribution in [2.75, 3.05) is 6.61 Å². The van der Waals surface area contributed by atoms with Gasteiger partial charge in [0.15, 0.2) is 0 Å². The van der Waals surface area contributed by atoms with Crippen LogP contribution in [0.2, 0.25) is 0 Å². The molecule has 0 saturated carbocycles. The van der Waals surface area contributed by atoms with E-state index in [9.17, 15) is 4.79 Å². The molecule has 0 saturated heterocycles. The van der Waals surface area contributed by atoms with Gasteiger partial charge >= 0.3 is 0 Å². The van der Waals surface area contributed by atoms with E-state index >= 15 is 0 Å². The lowest BCUT2D eigenvalue weighted by Gasteiger charge is -2.16. The second-order valence-electron chi connectivity index (χ2n) is 4.07. The predicted octanol–water partition coefficient (Wildman–Crippen LogP) is 1.19. The Kier molecular flexibility index (Phi) is 3.12. The molecular formula is C11H17N3O2. The van der Waals surface area contributed by atoms with Gasteiger partial charge in [-0.1, -0.05) is 6.92 Å². The van der Waals surface area contributed by atoms with Gasteiger partial charge in [-0.05, 0) is 13.3 Å². The number of carbonyl (C=O) groups excluding carboxylic acids is 1. The highest BCUT2D eigenvalue weighted by Gasteiger charge is 2.21. The summed E-state index contributed by atoms with van der Waals surface area (Å²) in [6.45, 7) is 5.50. The minimum atomic E-state index is -0.0995. The highest BCUT2D eigenvalue weighted by atomic mass is 16.5. The Morgan fingerprint density at radius 3 is 3.31 bits per heavy atom. The molecule has 88 valence electrons. The fourth-order valence-electron chi connectivity index (χ4n) is 1.63. The second-order valence-corrected chi connectivity index (χ2v) is 4.07. The van der Waals surface area contributed by atoms with Crippen molar-refractivity contribution >= 4 is 5.91 Å². The van der Waals surface area contributed by atoms with Crippen molar-refractivity contribution in [1.29, 1.82) is 0 Å². The molecule has 5 heteroatoms. The van der Waals surface area contributed by atoms with E-state index in [1.165, 1.54) is 0 Å². The molecule has 2 heterocycles. The summed E-state index contributed by atoms with van der Waals surface area (Å²) in [4.78, 5) is 11.9. The van der Waals surface area contributed by atoms with Gasteiger partial charge in [-0.3, -0.25) is 4.79 Å². The van der Waals surface area contributed by atoms with Crippen molar-refractivity contribution in [3.63, 3.8) is 0 Å². The first-order chi connectivity index (χ1) is 7.72. The van der Waals surface area contributed by atoms with E-state index in [1.54, 1.807) is 10.9 Å². The summed E-state index contributed by atoms with van der Waals surface area (Å²) >= 11 is 0. The highest BCUT2D eigenvalue weighted by molar-refractivity contribution is 5.96. The van der Waals surface area contributed by atoms with E-state index in [0.29, 0.717) is 18.1 Å². The van der Waals surface area contributed by atoms with E-state index < -0.39 is 0 Å². The zero-order valence-corrected chi connectivity index (χ0v) is 9.69. The molecule has 0 spiro atoms. The number of carbonyl (C=O) groups is 1. The molecule has 2 rings (SSSR count). The first kappa shape index (κ1) is 11.0. The van der Waals surface area contributed by atoms with Crippen molar-refractivity contribution in [3.8, 4) is 5.88 Å². The van der Waals surface area contributed by atoms with E-state index in [0.717, 1.165) is 19.4 Å². The number of nitrogens with zero attached hydrogens (tertiary/aromatic N) is 2. The van der Waals surface area contributed by atoms with Crippen LogP contribution in [0.4, 0.5) is 0 Å². The van der Waals surface area contributed by atoms with Crippen molar-refractivity contribution in [2.24, 2.45) is 0 Å². The molecule has 0 fully saturated rings. The van der Waals surface area contributed by atoms with Gasteiger partial charge in [0.1, 0.15) is 5.56 Å². The average Bonchev–Trinajstić information content (AvgIpc) is 2.72. The normalized spacial score (nSPS) is 16.1. The van der Waals surface area contributed by atoms with Gasteiger partial charge in [0.05, 0.1) is 12.8 Å². The molecule has 1 aromatic heterocycles. The standard InChI is InChI=1S/C11H17N3O2/c1-3-8(2)13-10(15)9-7-12-14-5-4-6-16-11(9)14/h7-8H,3-6H2,1-2H3,(H,13,15). The lowest BCUT2D eigenvalue weighted by molar-refractivity contribution is 0.0932. The number of aromatic nitrogens is 2. The predicted molar refractivity (Wildman–Crippen MR) is 59.6 cm³/mol. The molecule has 0 radical (unpaired) electrons. The number of ether oxygens (including phenoxy) is 1. The molecule has 5 nitrogen and oxygen atoms in total. The van der Waals surface area contributed by atoms with Crippen molar-refractivity contribution in [1.82, 2.24) is 15.1 Å². The number of fused-ring (bicyclic) bond motifs is 1. The number of rotatable bonds is 3. The summed E-state index contributed by atoms with van der Waals surface area (Å²) in [5.74, 6) is 0.504. The lowest BCUT2D eigenvalue weighted by Crippen LogP contribution is -2.32. The van der Waals surface area contributed by atoms with E-state index in [-0.39, 0.29) is 11.9 Å². The Morgan fingerprint density at radius 2 is 2.56 bits per heavy atom. The SMILES string of the molecule is CCC(C)NC(=O)c1cnn2c1OCCC2. The molecule has 1 aliphatic rings. The summed E-state index contributed by atoms with van der Waals surface area (Å²) in [5.41, 5.74) is 0.542. The van der Waals surface area contributed by atoms with Crippen LogP contribution in [-0.2, 0) is 6.54 Å². The second kappa shape index (κ2) is 4.55. The lowest BCUT2D eigenvalue weighted by atomic mass is 10.2. The van der Waals surface area contributed by atoms with Crippen LogP contribution < -0.4 is 10.1 Å². The Morgan fingerprint density at radius 1 is 1.75 bits per heavy atom.